The predicted octanol–water partition coefficient (Wildman–Crippen LogP) is 5.46. The third-order valence-corrected chi connectivity index (χ3v) is 6.27. The number of esters is 1. The summed E-state index contributed by atoms with van der Waals surface area (Å²) in [5.74, 6) is -1.42. The van der Waals surface area contributed by atoms with Crippen molar-refractivity contribution in [2.24, 2.45) is 5.92 Å². The molecule has 3 aromatic carbocycles. The second kappa shape index (κ2) is 9.23. The Bertz CT molecular complexity index is 1070. The summed E-state index contributed by atoms with van der Waals surface area (Å²) in [6.45, 7) is 0. The number of carbonyl (C=O) groups excluding carboxylic acids is 2. The number of nitrogens with one attached hydrogen (secondary N) is 1. The molecule has 1 fully saturated rings. The van der Waals surface area contributed by atoms with Gasteiger partial charge in [-0.1, -0.05) is 77.8 Å². The van der Waals surface area contributed by atoms with Gasteiger partial charge in [0.05, 0.1) is 13.0 Å². The molecule has 0 aliphatic carbocycles. The molecule has 1 saturated heterocycles. The fourth-order valence-electron chi connectivity index (χ4n) is 4.32. The van der Waals surface area contributed by atoms with Gasteiger partial charge in [0.1, 0.15) is 6.04 Å². The van der Waals surface area contributed by atoms with Crippen LogP contribution in [0.25, 0.3) is 0 Å². The monoisotopic (exact) mass is 453 g/mol. The summed E-state index contributed by atoms with van der Waals surface area (Å²) in [7, 11) is 1.35. The predicted molar refractivity (Wildman–Crippen MR) is 122 cm³/mol. The van der Waals surface area contributed by atoms with E-state index in [2.05, 4.69) is 5.32 Å². The Labute approximate surface area is 191 Å². The number of ether oxygens (including phenoxy) is 1. The number of halogens is 2. The van der Waals surface area contributed by atoms with Crippen LogP contribution >= 0.6 is 23.2 Å². The number of methoxy groups -OCH3 is 1. The van der Waals surface area contributed by atoms with Crippen LogP contribution in [0.1, 0.15) is 33.4 Å². The first-order valence-corrected chi connectivity index (χ1v) is 10.7. The molecular formula is C25H21Cl2NO3. The quantitative estimate of drug-likeness (QED) is 0.411. The fourth-order valence-corrected chi connectivity index (χ4v) is 4.58. The second-order valence-corrected chi connectivity index (χ2v) is 8.40. The highest BCUT2D eigenvalue weighted by molar-refractivity contribution is 6.30. The summed E-state index contributed by atoms with van der Waals surface area (Å²) in [5.41, 5.74) is 2.32. The van der Waals surface area contributed by atoms with E-state index in [-0.39, 0.29) is 5.78 Å². The number of carbonyl (C=O) groups is 2. The topological polar surface area (TPSA) is 55.4 Å². The highest BCUT2D eigenvalue weighted by Crippen LogP contribution is 2.45. The largest absolute Gasteiger partial charge is 0.468 e. The Morgan fingerprint density at radius 1 is 0.806 bits per heavy atom. The summed E-state index contributed by atoms with van der Waals surface area (Å²) < 4.78 is 5.09. The summed E-state index contributed by atoms with van der Waals surface area (Å²) in [5, 5.41) is 4.56. The summed E-state index contributed by atoms with van der Waals surface area (Å²) >= 11 is 12.2. The van der Waals surface area contributed by atoms with Crippen molar-refractivity contribution in [2.75, 3.05) is 7.11 Å². The Morgan fingerprint density at radius 2 is 1.35 bits per heavy atom. The smallest absolute Gasteiger partial charge is 0.323 e. The molecule has 0 radical (unpaired) electrons. The minimum atomic E-state index is -0.690. The van der Waals surface area contributed by atoms with Crippen molar-refractivity contribution in [1.82, 2.24) is 5.32 Å². The molecule has 6 heteroatoms. The standard InChI is InChI=1S/C25H21Cl2NO3/c1-31-25(30)23-20(15-7-11-18(26)12-8-15)21(24(29)17-5-3-2-4-6-17)22(28-23)16-9-13-19(27)14-10-16/h2-14,20-23,28H,1H3/t20-,21-,22-,23-/m1/s1. The first-order chi connectivity index (χ1) is 15.0. The van der Waals surface area contributed by atoms with Crippen LogP contribution in [0.5, 0.6) is 0 Å². The van der Waals surface area contributed by atoms with Crippen LogP contribution in [0.15, 0.2) is 78.9 Å². The van der Waals surface area contributed by atoms with Crippen molar-refractivity contribution in [3.05, 3.63) is 106 Å². The van der Waals surface area contributed by atoms with Gasteiger partial charge >= 0.3 is 5.97 Å². The molecule has 0 unspecified atom stereocenters. The molecule has 1 heterocycles. The lowest BCUT2D eigenvalue weighted by Gasteiger charge is -2.25. The zero-order valence-electron chi connectivity index (χ0n) is 16.8. The Hall–Kier alpha value is -2.66. The summed E-state index contributed by atoms with van der Waals surface area (Å²) in [4.78, 5) is 26.5. The zero-order chi connectivity index (χ0) is 22.0. The maximum Gasteiger partial charge on any atom is 0.323 e. The normalized spacial score (nSPS) is 22.8. The van der Waals surface area contributed by atoms with Gasteiger partial charge in [-0.15, -0.1) is 0 Å². The Balaban J connectivity index is 1.85. The van der Waals surface area contributed by atoms with Gasteiger partial charge in [-0.3, -0.25) is 14.9 Å². The van der Waals surface area contributed by atoms with Crippen molar-refractivity contribution in [2.45, 2.75) is 18.0 Å². The van der Waals surface area contributed by atoms with E-state index in [4.69, 9.17) is 27.9 Å². The minimum absolute atomic E-state index is 0.0422. The van der Waals surface area contributed by atoms with E-state index in [0.717, 1.165) is 11.1 Å². The summed E-state index contributed by atoms with van der Waals surface area (Å²) in [6, 6.07) is 22.6. The molecule has 0 spiro atoms. The van der Waals surface area contributed by atoms with Crippen LogP contribution in [0, 0.1) is 5.92 Å². The van der Waals surface area contributed by atoms with Crippen molar-refractivity contribution in [3.63, 3.8) is 0 Å². The van der Waals surface area contributed by atoms with Gasteiger partial charge in [-0.2, -0.15) is 0 Å². The van der Waals surface area contributed by atoms with Gasteiger partial charge in [0.15, 0.2) is 5.78 Å². The van der Waals surface area contributed by atoms with Gasteiger partial charge in [0.25, 0.3) is 0 Å². The molecule has 158 valence electrons. The van der Waals surface area contributed by atoms with E-state index in [9.17, 15) is 9.59 Å². The van der Waals surface area contributed by atoms with Crippen LogP contribution in [0.3, 0.4) is 0 Å². The van der Waals surface area contributed by atoms with Crippen LogP contribution in [0.2, 0.25) is 10.0 Å². The maximum atomic E-state index is 13.8. The number of rotatable bonds is 5. The molecule has 1 N–H and O–H groups in total. The molecule has 0 bridgehead atoms. The molecule has 0 saturated carbocycles. The molecule has 1 aliphatic rings. The number of benzene rings is 3. The molecule has 4 atom stereocenters. The van der Waals surface area contributed by atoms with Crippen molar-refractivity contribution in [1.29, 1.82) is 0 Å². The first kappa shape index (κ1) is 21.6. The first-order valence-electron chi connectivity index (χ1n) is 9.93. The fraction of sp³-hybridized carbons (Fsp3) is 0.200. The van der Waals surface area contributed by atoms with Crippen LogP contribution < -0.4 is 5.32 Å². The third-order valence-electron chi connectivity index (χ3n) is 5.76. The zero-order valence-corrected chi connectivity index (χ0v) is 18.3. The van der Waals surface area contributed by atoms with Crippen molar-refractivity contribution >= 4 is 35.0 Å². The molecule has 4 rings (SSSR count). The van der Waals surface area contributed by atoms with Gasteiger partial charge in [-0.05, 0) is 35.4 Å². The minimum Gasteiger partial charge on any atom is -0.468 e. The molecule has 1 aliphatic heterocycles. The highest BCUT2D eigenvalue weighted by atomic mass is 35.5. The lowest BCUT2D eigenvalue weighted by molar-refractivity contribution is -0.143. The average Bonchev–Trinajstić information content (AvgIpc) is 3.20. The number of Topliss-reactive ketones (excluding diaryl/α,β-unsaturated/α-hetero) is 1. The molecule has 31 heavy (non-hydrogen) atoms. The number of hydrogen-bond donors (Lipinski definition) is 1. The third kappa shape index (κ3) is 4.38. The van der Waals surface area contributed by atoms with Gasteiger partial charge in [0.2, 0.25) is 0 Å². The molecule has 3 aromatic rings. The summed E-state index contributed by atoms with van der Waals surface area (Å²) in [6.07, 6.45) is 0. The van der Waals surface area contributed by atoms with Crippen molar-refractivity contribution < 1.29 is 14.3 Å². The molecular weight excluding hydrogens is 433 g/mol. The SMILES string of the molecule is COC(=O)[C@@H]1N[C@H](c2ccc(Cl)cc2)[C@H](C(=O)c2ccccc2)[C@H]1c1ccc(Cl)cc1. The Kier molecular flexibility index (Phi) is 6.42. The second-order valence-electron chi connectivity index (χ2n) is 7.53. The number of hydrogen-bond acceptors (Lipinski definition) is 4. The van der Waals surface area contributed by atoms with Gasteiger partial charge < -0.3 is 4.74 Å². The molecule has 0 aromatic heterocycles. The van der Waals surface area contributed by atoms with E-state index in [1.807, 2.05) is 42.5 Å². The van der Waals surface area contributed by atoms with E-state index in [1.165, 1.54) is 7.11 Å². The van der Waals surface area contributed by atoms with E-state index >= 15 is 0 Å². The van der Waals surface area contributed by atoms with Crippen LogP contribution in [-0.4, -0.2) is 24.9 Å². The van der Waals surface area contributed by atoms with Gasteiger partial charge in [-0.25, -0.2) is 0 Å². The lowest BCUT2D eigenvalue weighted by atomic mass is 9.76. The maximum absolute atomic E-state index is 13.8. The van der Waals surface area contributed by atoms with Crippen molar-refractivity contribution in [3.8, 4) is 0 Å². The lowest BCUT2D eigenvalue weighted by Crippen LogP contribution is -2.36. The molecule has 4 nitrogen and oxygen atoms in total. The number of ketones is 1. The highest BCUT2D eigenvalue weighted by Gasteiger charge is 2.51. The van der Waals surface area contributed by atoms with E-state index < -0.39 is 29.9 Å². The Morgan fingerprint density at radius 3 is 1.90 bits per heavy atom. The van der Waals surface area contributed by atoms with Crippen LogP contribution in [0.4, 0.5) is 0 Å². The van der Waals surface area contributed by atoms with Crippen LogP contribution in [-0.2, 0) is 9.53 Å². The van der Waals surface area contributed by atoms with E-state index in [1.54, 1.807) is 36.4 Å². The average molecular weight is 454 g/mol. The molecule has 0 amide bonds. The van der Waals surface area contributed by atoms with Gasteiger partial charge in [0, 0.05) is 27.6 Å². The van der Waals surface area contributed by atoms with E-state index in [0.29, 0.717) is 15.6 Å².